The van der Waals surface area contributed by atoms with Gasteiger partial charge < -0.3 is 4.98 Å². The third-order valence-electron chi connectivity index (χ3n) is 6.52. The number of aromatic nitrogens is 5. The normalized spacial score (nSPS) is 13.0. The molecule has 0 bridgehead atoms. The molecule has 2 aromatic carbocycles. The molecular weight excluding hydrogens is 436 g/mol. The van der Waals surface area contributed by atoms with E-state index >= 15 is 0 Å². The maximum Gasteiger partial charge on any atom is 0.252 e. The molecule has 4 aromatic rings. The number of H-pyrrole nitrogens is 1. The minimum Gasteiger partial charge on any atom is -0.322 e. The first-order valence-electron chi connectivity index (χ1n) is 12.3. The van der Waals surface area contributed by atoms with Gasteiger partial charge in [0.05, 0.1) is 11.6 Å². The van der Waals surface area contributed by atoms with Crippen LogP contribution in [0.4, 0.5) is 0 Å². The molecule has 0 saturated carbocycles. The monoisotopic (exact) mass is 472 g/mol. The molecule has 0 spiro atoms. The molecule has 0 radical (unpaired) electrons. The van der Waals surface area contributed by atoms with Gasteiger partial charge in [-0.1, -0.05) is 42.8 Å². The van der Waals surface area contributed by atoms with Gasteiger partial charge in [-0.3, -0.25) is 9.69 Å². The lowest BCUT2D eigenvalue weighted by Crippen LogP contribution is -2.35. The standard InChI is InChI=1S/C28H36N6O/c1-8-25(26-30-31-32-34(26)28(5,6)7)33(16-21-11-9-18(2)10-12-21)17-22-15-23-20(4)13-19(3)14-24(23)29-27(22)35/h9-15,25H,8,16-17H2,1-7H3,(H,29,35)/t25-/m1/s1. The molecule has 0 amide bonds. The Morgan fingerprint density at radius 3 is 2.37 bits per heavy atom. The number of tetrazole rings is 1. The fraction of sp³-hybridized carbons (Fsp3) is 0.429. The highest BCUT2D eigenvalue weighted by Gasteiger charge is 2.29. The second-order valence-corrected chi connectivity index (χ2v) is 10.6. The number of rotatable bonds is 7. The molecule has 0 aliphatic rings. The minimum absolute atomic E-state index is 0.0540. The number of aryl methyl sites for hydroxylation is 3. The number of nitrogens with one attached hydrogen (secondary N) is 1. The van der Waals surface area contributed by atoms with Gasteiger partial charge in [0.15, 0.2) is 5.82 Å². The van der Waals surface area contributed by atoms with Gasteiger partial charge in [-0.2, -0.15) is 0 Å². The van der Waals surface area contributed by atoms with Crippen molar-refractivity contribution in [3.8, 4) is 0 Å². The fourth-order valence-electron chi connectivity index (χ4n) is 4.74. The first-order valence-corrected chi connectivity index (χ1v) is 12.3. The van der Waals surface area contributed by atoms with E-state index in [0.717, 1.165) is 39.8 Å². The van der Waals surface area contributed by atoms with Crippen LogP contribution in [0.1, 0.15) is 73.8 Å². The number of nitrogens with zero attached hydrogens (tertiary/aromatic N) is 5. The highest BCUT2D eigenvalue weighted by Crippen LogP contribution is 2.29. The van der Waals surface area contributed by atoms with Crippen molar-refractivity contribution in [1.29, 1.82) is 0 Å². The van der Waals surface area contributed by atoms with Gasteiger partial charge in [-0.15, -0.1) is 5.10 Å². The summed E-state index contributed by atoms with van der Waals surface area (Å²) in [7, 11) is 0. The van der Waals surface area contributed by atoms with Crippen molar-refractivity contribution >= 4 is 10.9 Å². The average Bonchev–Trinajstić information content (AvgIpc) is 3.27. The Balaban J connectivity index is 1.79. The van der Waals surface area contributed by atoms with Crippen LogP contribution in [0.5, 0.6) is 0 Å². The zero-order valence-electron chi connectivity index (χ0n) is 21.9. The predicted molar refractivity (Wildman–Crippen MR) is 140 cm³/mol. The van der Waals surface area contributed by atoms with Crippen LogP contribution in [0.2, 0.25) is 0 Å². The summed E-state index contributed by atoms with van der Waals surface area (Å²) in [5.74, 6) is 0.816. The van der Waals surface area contributed by atoms with Crippen LogP contribution in [0.3, 0.4) is 0 Å². The smallest absolute Gasteiger partial charge is 0.252 e. The number of hydrogen-bond donors (Lipinski definition) is 1. The molecule has 184 valence electrons. The first-order chi connectivity index (χ1) is 16.6. The molecular formula is C28H36N6O. The predicted octanol–water partition coefficient (Wildman–Crippen LogP) is 5.35. The third kappa shape index (κ3) is 5.35. The molecule has 4 rings (SSSR count). The highest BCUT2D eigenvalue weighted by atomic mass is 16.1. The topological polar surface area (TPSA) is 79.7 Å². The van der Waals surface area contributed by atoms with Gasteiger partial charge in [0.25, 0.3) is 5.56 Å². The summed E-state index contributed by atoms with van der Waals surface area (Å²) in [6.07, 6.45) is 0.812. The molecule has 7 heteroatoms. The van der Waals surface area contributed by atoms with E-state index in [4.69, 9.17) is 0 Å². The van der Waals surface area contributed by atoms with Gasteiger partial charge in [0.1, 0.15) is 0 Å². The van der Waals surface area contributed by atoms with E-state index in [2.05, 4.69) is 97.3 Å². The summed E-state index contributed by atoms with van der Waals surface area (Å²) in [5, 5.41) is 13.8. The van der Waals surface area contributed by atoms with Gasteiger partial charge in [0.2, 0.25) is 0 Å². The average molecular weight is 473 g/mol. The summed E-state index contributed by atoms with van der Waals surface area (Å²) < 4.78 is 1.90. The Hall–Kier alpha value is -3.32. The maximum absolute atomic E-state index is 13.2. The minimum atomic E-state index is -0.253. The summed E-state index contributed by atoms with van der Waals surface area (Å²) in [6, 6.07) is 14.7. The number of hydrogen-bond acceptors (Lipinski definition) is 5. The number of benzene rings is 2. The molecule has 1 atom stereocenters. The zero-order chi connectivity index (χ0) is 25.3. The van der Waals surface area contributed by atoms with E-state index in [1.165, 1.54) is 11.1 Å². The molecule has 0 aliphatic carbocycles. The lowest BCUT2D eigenvalue weighted by atomic mass is 10.0. The van der Waals surface area contributed by atoms with Crippen molar-refractivity contribution in [1.82, 2.24) is 30.1 Å². The SMILES string of the molecule is CC[C@H](c1nnnn1C(C)(C)C)N(Cc1ccc(C)cc1)Cc1cc2c(C)cc(C)cc2[nH]c1=O. The van der Waals surface area contributed by atoms with Crippen molar-refractivity contribution in [2.75, 3.05) is 0 Å². The van der Waals surface area contributed by atoms with Crippen molar-refractivity contribution < 1.29 is 0 Å². The van der Waals surface area contributed by atoms with Crippen LogP contribution in [0.25, 0.3) is 10.9 Å². The Morgan fingerprint density at radius 1 is 1.00 bits per heavy atom. The van der Waals surface area contributed by atoms with E-state index in [1.54, 1.807) is 0 Å². The van der Waals surface area contributed by atoms with E-state index in [-0.39, 0.29) is 17.1 Å². The lowest BCUT2D eigenvalue weighted by Gasteiger charge is -2.32. The van der Waals surface area contributed by atoms with Gasteiger partial charge >= 0.3 is 0 Å². The summed E-state index contributed by atoms with van der Waals surface area (Å²) in [5.41, 5.74) is 6.02. The largest absolute Gasteiger partial charge is 0.322 e. The second kappa shape index (κ2) is 9.74. The second-order valence-electron chi connectivity index (χ2n) is 10.6. The Labute approximate surface area is 207 Å². The molecule has 0 unspecified atom stereocenters. The molecule has 0 fully saturated rings. The quantitative estimate of drug-likeness (QED) is 0.392. The zero-order valence-corrected chi connectivity index (χ0v) is 21.9. The summed E-state index contributed by atoms with van der Waals surface area (Å²) in [4.78, 5) is 18.6. The Bertz CT molecular complexity index is 1380. The highest BCUT2D eigenvalue weighted by molar-refractivity contribution is 5.83. The lowest BCUT2D eigenvalue weighted by molar-refractivity contribution is 0.153. The summed E-state index contributed by atoms with van der Waals surface area (Å²) >= 11 is 0. The van der Waals surface area contributed by atoms with Crippen LogP contribution >= 0.6 is 0 Å². The molecule has 2 heterocycles. The molecule has 0 saturated heterocycles. The van der Waals surface area contributed by atoms with Crippen LogP contribution < -0.4 is 5.56 Å². The van der Waals surface area contributed by atoms with Crippen LogP contribution in [0.15, 0.2) is 47.3 Å². The van der Waals surface area contributed by atoms with Gasteiger partial charge in [0, 0.05) is 29.6 Å². The molecule has 2 aromatic heterocycles. The number of aromatic amines is 1. The molecule has 7 nitrogen and oxygen atoms in total. The Kier molecular flexibility index (Phi) is 6.90. The van der Waals surface area contributed by atoms with Gasteiger partial charge in [-0.25, -0.2) is 4.68 Å². The van der Waals surface area contributed by atoms with Gasteiger partial charge in [-0.05, 0) is 87.2 Å². The molecule has 35 heavy (non-hydrogen) atoms. The van der Waals surface area contributed by atoms with E-state index in [0.29, 0.717) is 13.1 Å². The maximum atomic E-state index is 13.2. The van der Waals surface area contributed by atoms with Crippen LogP contribution in [-0.4, -0.2) is 30.1 Å². The van der Waals surface area contributed by atoms with Crippen LogP contribution in [-0.2, 0) is 18.6 Å². The fourth-order valence-corrected chi connectivity index (χ4v) is 4.74. The van der Waals surface area contributed by atoms with Crippen molar-refractivity contribution in [3.05, 3.63) is 86.5 Å². The van der Waals surface area contributed by atoms with Crippen LogP contribution in [0, 0.1) is 20.8 Å². The number of fused-ring (bicyclic) bond motifs is 1. The van der Waals surface area contributed by atoms with E-state index in [1.807, 2.05) is 23.7 Å². The number of pyridine rings is 1. The summed E-state index contributed by atoms with van der Waals surface area (Å²) in [6.45, 7) is 15.8. The van der Waals surface area contributed by atoms with Crippen molar-refractivity contribution in [2.45, 2.75) is 79.6 Å². The molecule has 1 N–H and O–H groups in total. The molecule has 0 aliphatic heterocycles. The third-order valence-corrected chi connectivity index (χ3v) is 6.52. The van der Waals surface area contributed by atoms with E-state index in [9.17, 15) is 4.79 Å². The first kappa shape index (κ1) is 24.8. The Morgan fingerprint density at radius 2 is 1.71 bits per heavy atom. The van der Waals surface area contributed by atoms with E-state index < -0.39 is 0 Å². The van der Waals surface area contributed by atoms with Crippen molar-refractivity contribution in [3.63, 3.8) is 0 Å². The van der Waals surface area contributed by atoms with Crippen molar-refractivity contribution in [2.24, 2.45) is 0 Å².